The molecule has 1 amide bonds. The number of likely N-dealkylation sites (N-methyl/N-ethyl adjacent to an activating group) is 1. The number of hydrazine groups is 1. The average Bonchev–Trinajstić information content (AvgIpc) is 2.41. The lowest BCUT2D eigenvalue weighted by Gasteiger charge is -2.32. The van der Waals surface area contributed by atoms with Gasteiger partial charge in [0.05, 0.1) is 0 Å². The summed E-state index contributed by atoms with van der Waals surface area (Å²) in [5, 5.41) is 2.33. The Morgan fingerprint density at radius 3 is 2.70 bits per heavy atom. The smallest absolute Gasteiger partial charge is 0.265 e. The van der Waals surface area contributed by atoms with E-state index in [0.717, 1.165) is 44.7 Å². The standard InChI is InChI=1S/C14H21ClN4O/c1-3-4-12-9-11(10-13(15)16-12)14(20)17-19-7-5-18(2)6-8-19/h9-10H,3-8H2,1-2H3,(H,17,20). The summed E-state index contributed by atoms with van der Waals surface area (Å²) in [6, 6.07) is 3.44. The largest absolute Gasteiger partial charge is 0.304 e. The Morgan fingerprint density at radius 2 is 2.05 bits per heavy atom. The van der Waals surface area contributed by atoms with Crippen LogP contribution in [0.25, 0.3) is 0 Å². The fourth-order valence-electron chi connectivity index (χ4n) is 2.19. The summed E-state index contributed by atoms with van der Waals surface area (Å²) in [4.78, 5) is 18.7. The number of pyridine rings is 1. The molecule has 0 aromatic carbocycles. The van der Waals surface area contributed by atoms with Crippen LogP contribution in [0.5, 0.6) is 0 Å². The first kappa shape index (κ1) is 15.2. The second-order valence-corrected chi connectivity index (χ2v) is 5.54. The second kappa shape index (κ2) is 7.02. The number of rotatable bonds is 4. The van der Waals surface area contributed by atoms with Gasteiger partial charge in [-0.05, 0) is 25.6 Å². The number of halogens is 1. The lowest BCUT2D eigenvalue weighted by molar-refractivity contribution is 0.0662. The van der Waals surface area contributed by atoms with E-state index in [9.17, 15) is 4.79 Å². The van der Waals surface area contributed by atoms with Gasteiger partial charge in [0.1, 0.15) is 5.15 Å². The quantitative estimate of drug-likeness (QED) is 0.857. The topological polar surface area (TPSA) is 48.5 Å². The molecule has 110 valence electrons. The fraction of sp³-hybridized carbons (Fsp3) is 0.571. The fourth-order valence-corrected chi connectivity index (χ4v) is 2.42. The Labute approximate surface area is 124 Å². The van der Waals surface area contributed by atoms with Crippen molar-refractivity contribution >= 4 is 17.5 Å². The summed E-state index contributed by atoms with van der Waals surface area (Å²) in [6.45, 7) is 5.66. The van der Waals surface area contributed by atoms with Gasteiger partial charge in [-0.25, -0.2) is 9.99 Å². The number of carbonyl (C=O) groups is 1. The molecule has 1 aromatic rings. The predicted octanol–water partition coefficient (Wildman–Crippen LogP) is 1.58. The number of piperazine rings is 1. The molecular weight excluding hydrogens is 276 g/mol. The Hall–Kier alpha value is -1.17. The number of hydrogen-bond acceptors (Lipinski definition) is 4. The van der Waals surface area contributed by atoms with Crippen LogP contribution in [-0.4, -0.2) is 54.0 Å². The summed E-state index contributed by atoms with van der Waals surface area (Å²) in [6.07, 6.45) is 1.81. The number of hydrogen-bond donors (Lipinski definition) is 1. The summed E-state index contributed by atoms with van der Waals surface area (Å²) in [5.74, 6) is -0.115. The van der Waals surface area contributed by atoms with Crippen molar-refractivity contribution in [3.8, 4) is 0 Å². The van der Waals surface area contributed by atoms with Crippen LogP contribution in [0.15, 0.2) is 12.1 Å². The zero-order chi connectivity index (χ0) is 14.5. The third kappa shape index (κ3) is 4.16. The summed E-state index contributed by atoms with van der Waals surface area (Å²) in [5.41, 5.74) is 4.37. The highest BCUT2D eigenvalue weighted by atomic mass is 35.5. The maximum atomic E-state index is 12.3. The Bertz CT molecular complexity index is 472. The SMILES string of the molecule is CCCc1cc(C(=O)NN2CCN(C)CC2)cc(Cl)n1. The molecule has 1 fully saturated rings. The molecule has 1 saturated heterocycles. The highest BCUT2D eigenvalue weighted by Gasteiger charge is 2.17. The zero-order valence-corrected chi connectivity index (χ0v) is 12.8. The minimum absolute atomic E-state index is 0.115. The Balaban J connectivity index is 2.01. The lowest BCUT2D eigenvalue weighted by Crippen LogP contribution is -2.52. The van der Waals surface area contributed by atoms with Crippen LogP contribution in [0.3, 0.4) is 0 Å². The maximum Gasteiger partial charge on any atom is 0.265 e. The van der Waals surface area contributed by atoms with Crippen molar-refractivity contribution in [1.29, 1.82) is 0 Å². The van der Waals surface area contributed by atoms with Gasteiger partial charge in [0.2, 0.25) is 0 Å². The van der Waals surface area contributed by atoms with Gasteiger partial charge >= 0.3 is 0 Å². The predicted molar refractivity (Wildman–Crippen MR) is 79.8 cm³/mol. The molecule has 0 saturated carbocycles. The van der Waals surface area contributed by atoms with E-state index in [1.54, 1.807) is 6.07 Å². The molecule has 0 atom stereocenters. The van der Waals surface area contributed by atoms with Crippen molar-refractivity contribution in [2.75, 3.05) is 33.2 Å². The van der Waals surface area contributed by atoms with Crippen molar-refractivity contribution in [2.45, 2.75) is 19.8 Å². The summed E-state index contributed by atoms with van der Waals surface area (Å²) in [7, 11) is 2.08. The molecular formula is C14H21ClN4O. The highest BCUT2D eigenvalue weighted by molar-refractivity contribution is 6.29. The van der Waals surface area contributed by atoms with E-state index in [4.69, 9.17) is 11.6 Å². The molecule has 0 aliphatic carbocycles. The van der Waals surface area contributed by atoms with Gasteiger partial charge in [-0.15, -0.1) is 0 Å². The molecule has 5 nitrogen and oxygen atoms in total. The van der Waals surface area contributed by atoms with Crippen LogP contribution in [0.1, 0.15) is 29.4 Å². The molecule has 2 rings (SSSR count). The van der Waals surface area contributed by atoms with Crippen molar-refractivity contribution in [3.05, 3.63) is 28.5 Å². The van der Waals surface area contributed by atoms with Gasteiger partial charge in [-0.3, -0.25) is 10.2 Å². The van der Waals surface area contributed by atoms with Gasteiger partial charge in [0, 0.05) is 37.4 Å². The van der Waals surface area contributed by atoms with Gasteiger partial charge in [0.25, 0.3) is 5.91 Å². The lowest BCUT2D eigenvalue weighted by atomic mass is 10.1. The van der Waals surface area contributed by atoms with Crippen molar-refractivity contribution in [3.63, 3.8) is 0 Å². The average molecular weight is 297 g/mol. The normalized spacial score (nSPS) is 17.1. The molecule has 0 radical (unpaired) electrons. The van der Waals surface area contributed by atoms with Crippen LogP contribution in [0.2, 0.25) is 5.15 Å². The first-order chi connectivity index (χ1) is 9.58. The van der Waals surface area contributed by atoms with E-state index in [1.165, 1.54) is 0 Å². The number of carbonyl (C=O) groups excluding carboxylic acids is 1. The van der Waals surface area contributed by atoms with Gasteiger partial charge in [-0.2, -0.15) is 0 Å². The Kier molecular flexibility index (Phi) is 5.34. The third-order valence-electron chi connectivity index (χ3n) is 3.38. The van der Waals surface area contributed by atoms with Crippen LogP contribution in [-0.2, 0) is 6.42 Å². The molecule has 1 N–H and O–H groups in total. The minimum Gasteiger partial charge on any atom is -0.304 e. The molecule has 0 unspecified atom stereocenters. The van der Waals surface area contributed by atoms with Crippen LogP contribution in [0.4, 0.5) is 0 Å². The number of nitrogens with one attached hydrogen (secondary N) is 1. The maximum absolute atomic E-state index is 12.3. The first-order valence-corrected chi connectivity index (χ1v) is 7.37. The first-order valence-electron chi connectivity index (χ1n) is 6.99. The second-order valence-electron chi connectivity index (χ2n) is 5.15. The summed E-state index contributed by atoms with van der Waals surface area (Å²) < 4.78 is 0. The molecule has 0 bridgehead atoms. The third-order valence-corrected chi connectivity index (χ3v) is 3.57. The monoisotopic (exact) mass is 296 g/mol. The number of aryl methyl sites for hydroxylation is 1. The molecule has 0 spiro atoms. The zero-order valence-electron chi connectivity index (χ0n) is 12.0. The van der Waals surface area contributed by atoms with E-state index in [1.807, 2.05) is 11.1 Å². The molecule has 1 aromatic heterocycles. The molecule has 1 aliphatic rings. The highest BCUT2D eigenvalue weighted by Crippen LogP contribution is 2.12. The van der Waals surface area contributed by atoms with Gasteiger partial charge in [-0.1, -0.05) is 24.9 Å². The van der Waals surface area contributed by atoms with Crippen LogP contribution < -0.4 is 5.43 Å². The van der Waals surface area contributed by atoms with E-state index in [0.29, 0.717) is 10.7 Å². The van der Waals surface area contributed by atoms with Crippen molar-refractivity contribution in [2.24, 2.45) is 0 Å². The van der Waals surface area contributed by atoms with Crippen molar-refractivity contribution < 1.29 is 4.79 Å². The number of nitrogens with zero attached hydrogens (tertiary/aromatic N) is 3. The Morgan fingerprint density at radius 1 is 1.35 bits per heavy atom. The van der Waals surface area contributed by atoms with E-state index >= 15 is 0 Å². The molecule has 6 heteroatoms. The van der Waals surface area contributed by atoms with E-state index in [-0.39, 0.29) is 5.91 Å². The molecule has 1 aliphatic heterocycles. The van der Waals surface area contributed by atoms with Crippen LogP contribution in [0, 0.1) is 0 Å². The number of amides is 1. The van der Waals surface area contributed by atoms with Crippen LogP contribution >= 0.6 is 11.6 Å². The van der Waals surface area contributed by atoms with E-state index < -0.39 is 0 Å². The van der Waals surface area contributed by atoms with E-state index in [2.05, 4.69) is 29.3 Å². The minimum atomic E-state index is -0.115. The van der Waals surface area contributed by atoms with Gasteiger partial charge < -0.3 is 4.90 Å². The summed E-state index contributed by atoms with van der Waals surface area (Å²) >= 11 is 5.98. The van der Waals surface area contributed by atoms with Crippen molar-refractivity contribution in [1.82, 2.24) is 20.3 Å². The van der Waals surface area contributed by atoms with Gasteiger partial charge in [0.15, 0.2) is 0 Å². The molecule has 2 heterocycles. The molecule has 20 heavy (non-hydrogen) atoms. The number of aromatic nitrogens is 1.